The maximum atomic E-state index is 12.7. The Morgan fingerprint density at radius 3 is 1.76 bits per heavy atom. The number of methoxy groups -OCH3 is 3. The molecule has 14 atom stereocenters. The van der Waals surface area contributed by atoms with Crippen LogP contribution in [0.15, 0.2) is 121 Å². The summed E-state index contributed by atoms with van der Waals surface area (Å²) in [5.41, 5.74) is 1.55. The van der Waals surface area contributed by atoms with Crippen LogP contribution in [-0.2, 0) is 64.8 Å². The van der Waals surface area contributed by atoms with Crippen LogP contribution in [-0.4, -0.2) is 139 Å². The van der Waals surface area contributed by atoms with Gasteiger partial charge in [0.05, 0.1) is 88.5 Å². The zero-order valence-corrected chi connectivity index (χ0v) is 58.8. The quantitative estimate of drug-likeness (QED) is 0.0250. The van der Waals surface area contributed by atoms with E-state index in [1.807, 2.05) is 62.4 Å². The van der Waals surface area contributed by atoms with Gasteiger partial charge < -0.3 is 66.4 Å². The monoisotopic (exact) mass is 1280 g/mol. The minimum atomic E-state index is -2.96. The number of esters is 1. The van der Waals surface area contributed by atoms with E-state index in [0.717, 1.165) is 28.2 Å². The first kappa shape index (κ1) is 71.5. The molecule has 15 nitrogen and oxygen atoms in total. The zero-order chi connectivity index (χ0) is 65.3. The molecule has 4 aliphatic rings. The number of hydrogen-bond donors (Lipinski definition) is 2. The third-order valence-corrected chi connectivity index (χ3v) is 29.3. The lowest BCUT2D eigenvalue weighted by molar-refractivity contribution is -0.350. The molecule has 2 N–H and O–H groups in total. The number of hydrogen-bond acceptors (Lipinski definition) is 15. The van der Waals surface area contributed by atoms with Gasteiger partial charge in [0.2, 0.25) is 0 Å². The predicted octanol–water partition coefficient (Wildman–Crippen LogP) is 12.9. The second-order valence-corrected chi connectivity index (χ2v) is 38.2. The molecule has 498 valence electrons. The summed E-state index contributed by atoms with van der Waals surface area (Å²) in [5, 5.41) is 26.9. The highest BCUT2D eigenvalue weighted by Crippen LogP contribution is 2.49. The van der Waals surface area contributed by atoms with Crippen molar-refractivity contribution in [1.29, 1.82) is 0 Å². The number of carbonyl (C=O) groups is 1. The van der Waals surface area contributed by atoms with E-state index in [1.165, 1.54) is 17.3 Å². The van der Waals surface area contributed by atoms with E-state index in [4.69, 9.17) is 56.2 Å². The number of aliphatic hydroxyl groups excluding tert-OH is 1. The molecule has 0 aliphatic carbocycles. The third-order valence-electron chi connectivity index (χ3n) is 19.8. The van der Waals surface area contributed by atoms with Crippen molar-refractivity contribution in [3.05, 3.63) is 132 Å². The zero-order valence-electron chi connectivity index (χ0n) is 56.8. The van der Waals surface area contributed by atoms with E-state index in [9.17, 15) is 15.0 Å². The Bertz CT molecular complexity index is 2840. The van der Waals surface area contributed by atoms with Crippen LogP contribution in [0.25, 0.3) is 0 Å². The van der Waals surface area contributed by atoms with Gasteiger partial charge in [-0.25, -0.2) is 0 Å². The molecule has 0 unspecified atom stereocenters. The summed E-state index contributed by atoms with van der Waals surface area (Å²) in [6, 6.07) is 37.1. The Kier molecular flexibility index (Phi) is 24.2. The molecule has 4 aromatic carbocycles. The summed E-state index contributed by atoms with van der Waals surface area (Å²) in [6.07, 6.45) is 0.840. The Balaban J connectivity index is 1.02. The Labute approximate surface area is 540 Å². The van der Waals surface area contributed by atoms with Crippen molar-refractivity contribution in [2.75, 3.05) is 34.5 Å². The summed E-state index contributed by atoms with van der Waals surface area (Å²) in [5.74, 6) is -2.04. The van der Waals surface area contributed by atoms with Gasteiger partial charge in [0.15, 0.2) is 19.9 Å². The summed E-state index contributed by atoms with van der Waals surface area (Å²) in [6.45, 7) is 31.7. The van der Waals surface area contributed by atoms with Gasteiger partial charge in [-0.2, -0.15) is 0 Å². The van der Waals surface area contributed by atoms with Gasteiger partial charge in [-0.05, 0) is 88.7 Å². The highest BCUT2D eigenvalue weighted by Gasteiger charge is 2.56. The van der Waals surface area contributed by atoms with E-state index < -0.39 is 76.2 Å². The molecule has 4 aliphatic heterocycles. The molecule has 17 heteroatoms. The third kappa shape index (κ3) is 18.3. The molecule has 2 spiro atoms. The van der Waals surface area contributed by atoms with Gasteiger partial charge in [0.1, 0.15) is 17.6 Å². The number of rotatable bonds is 27. The van der Waals surface area contributed by atoms with Crippen LogP contribution in [0.5, 0.6) is 11.5 Å². The van der Waals surface area contributed by atoms with Gasteiger partial charge in [0, 0.05) is 90.3 Å². The molecule has 0 bridgehead atoms. The predicted molar refractivity (Wildman–Crippen MR) is 356 cm³/mol. The number of ether oxygens (including phenoxy) is 10. The van der Waals surface area contributed by atoms with Crippen molar-refractivity contribution in [1.82, 2.24) is 0 Å². The lowest BCUT2D eigenvalue weighted by atomic mass is 9.78. The molecule has 0 amide bonds. The highest BCUT2D eigenvalue weighted by atomic mass is 28.4. The molecule has 0 radical (unpaired) electrons. The Morgan fingerprint density at radius 2 is 1.20 bits per heavy atom. The van der Waals surface area contributed by atoms with Crippen molar-refractivity contribution in [2.45, 2.75) is 248 Å². The first-order valence-electron chi connectivity index (χ1n) is 32.9. The number of benzene rings is 4. The normalized spacial score (nSPS) is 28.2. The molecule has 0 saturated carbocycles. The van der Waals surface area contributed by atoms with Gasteiger partial charge in [-0.1, -0.05) is 152 Å². The first-order valence-corrected chi connectivity index (χ1v) is 37.7. The van der Waals surface area contributed by atoms with Crippen molar-refractivity contribution < 1.29 is 71.2 Å². The van der Waals surface area contributed by atoms with Crippen molar-refractivity contribution in [2.24, 2.45) is 11.8 Å². The van der Waals surface area contributed by atoms with E-state index in [0.29, 0.717) is 77.6 Å². The minimum Gasteiger partial charge on any atom is -0.497 e. The second-order valence-electron chi connectivity index (χ2n) is 29.2. The van der Waals surface area contributed by atoms with Crippen LogP contribution in [0.2, 0.25) is 23.2 Å². The first-order chi connectivity index (χ1) is 42.5. The SMILES string of the molecule is C=C(C[C@H]1C[C@](C)(O)C[C@@]2(C[C@@H](OC(C)=O)C[C@H](CCOCc3ccc(OC)cc3)O2)O1)[C@H](C)[C@@H](O)[C@H](C)[C@@H](C[C@@H]1C[C@H](OC)C[C@]2(C[C@@H](O[Si](C)(C)C(C)(C)C)C[C@H](CO[Si](c3ccccc3)(c3ccccc3)C(C)(C)C)O2)O1)OCc1ccc(OC)cc1. The lowest BCUT2D eigenvalue weighted by Gasteiger charge is -2.52. The fourth-order valence-corrected chi connectivity index (χ4v) is 20.1. The molecule has 8 rings (SSSR count). The molecule has 4 heterocycles. The van der Waals surface area contributed by atoms with E-state index in [2.05, 4.69) is 122 Å². The van der Waals surface area contributed by atoms with Crippen LogP contribution in [0.4, 0.5) is 0 Å². The fourth-order valence-electron chi connectivity index (χ4n) is 14.1. The van der Waals surface area contributed by atoms with Gasteiger partial charge >= 0.3 is 5.97 Å². The standard InChI is InChI=1S/C73H108O15Si2/c1-50(37-62-42-71(11,76)49-73(86-62)44-61(83-53(4)74)38-58(84-73)35-36-80-46-54-27-31-56(77-12)32-28-54)51(2)68(75)52(3)67(81-47-55-29-33-57(78-13)34-30-55)41-59-39-60(79-14)43-72(85-59)45-63(88-89(15,16)69(5,6)7)40-64(87-72)48-82-90(70(8,9)10,65-23-19-17-20-24-65)66-25-21-18-22-26-66/h17-34,51-52,58-64,67-68,75-76H,1,35-49H2,2-16H3/t51-,52+,58-,59-,60-,61-,62-,63-,64+,67+,68+,71-,72-,73+/m0/s1. The molecular formula is C73H108O15Si2. The topological polar surface area (TPSA) is 168 Å². The van der Waals surface area contributed by atoms with Gasteiger partial charge in [0.25, 0.3) is 8.32 Å². The minimum absolute atomic E-state index is 0.0390. The maximum Gasteiger partial charge on any atom is 0.302 e. The van der Waals surface area contributed by atoms with Gasteiger partial charge in [-0.15, -0.1) is 0 Å². The van der Waals surface area contributed by atoms with Crippen molar-refractivity contribution in [3.8, 4) is 11.5 Å². The van der Waals surface area contributed by atoms with Crippen LogP contribution in [0, 0.1) is 11.8 Å². The smallest absolute Gasteiger partial charge is 0.302 e. The van der Waals surface area contributed by atoms with E-state index >= 15 is 0 Å². The Morgan fingerprint density at radius 1 is 0.678 bits per heavy atom. The average molecular weight is 1280 g/mol. The molecular weight excluding hydrogens is 1170 g/mol. The van der Waals surface area contributed by atoms with Crippen LogP contribution in [0.1, 0.15) is 151 Å². The summed E-state index contributed by atoms with van der Waals surface area (Å²) >= 11 is 0. The molecule has 0 aromatic heterocycles. The van der Waals surface area contributed by atoms with Crippen LogP contribution < -0.4 is 19.8 Å². The van der Waals surface area contributed by atoms with E-state index in [1.54, 1.807) is 28.3 Å². The molecule has 4 fully saturated rings. The highest BCUT2D eigenvalue weighted by molar-refractivity contribution is 6.99. The second kappa shape index (κ2) is 30.4. The van der Waals surface area contributed by atoms with Crippen molar-refractivity contribution in [3.63, 3.8) is 0 Å². The summed E-state index contributed by atoms with van der Waals surface area (Å²) in [4.78, 5) is 12.5. The average Bonchev–Trinajstić information content (AvgIpc) is 0.773. The Hall–Kier alpha value is -4.32. The largest absolute Gasteiger partial charge is 0.497 e. The number of carbonyl (C=O) groups excluding carboxylic acids is 1. The summed E-state index contributed by atoms with van der Waals surface area (Å²) in [7, 11) is -0.214. The fraction of sp³-hybridized carbons (Fsp3) is 0.630. The number of aliphatic hydroxyl groups is 2. The van der Waals surface area contributed by atoms with Crippen molar-refractivity contribution >= 4 is 33.0 Å². The lowest BCUT2D eigenvalue weighted by Crippen LogP contribution is -2.67. The molecule has 4 saturated heterocycles. The van der Waals surface area contributed by atoms with Crippen LogP contribution >= 0.6 is 0 Å². The van der Waals surface area contributed by atoms with Gasteiger partial charge in [-0.3, -0.25) is 4.79 Å². The van der Waals surface area contributed by atoms with Crippen LogP contribution in [0.3, 0.4) is 0 Å². The maximum absolute atomic E-state index is 12.7. The summed E-state index contributed by atoms with van der Waals surface area (Å²) < 4.78 is 79.9. The molecule has 4 aromatic rings. The van der Waals surface area contributed by atoms with E-state index in [-0.39, 0.29) is 59.9 Å². The molecule has 90 heavy (non-hydrogen) atoms.